The van der Waals surface area contributed by atoms with Gasteiger partial charge in [-0.05, 0) is 31.4 Å². The van der Waals surface area contributed by atoms with Gasteiger partial charge in [-0.1, -0.05) is 51.1 Å². The summed E-state index contributed by atoms with van der Waals surface area (Å²) in [5, 5.41) is 3.67. The third kappa shape index (κ3) is 3.61. The number of rotatable bonds is 8. The van der Waals surface area contributed by atoms with Crippen molar-refractivity contribution in [2.24, 2.45) is 0 Å². The quantitative estimate of drug-likeness (QED) is 0.690. The molecule has 0 fully saturated rings. The molecule has 1 aromatic carbocycles. The first-order valence-corrected chi connectivity index (χ1v) is 7.47. The van der Waals surface area contributed by atoms with Crippen molar-refractivity contribution in [2.45, 2.75) is 57.9 Å². The summed E-state index contributed by atoms with van der Waals surface area (Å²) < 4.78 is 0. The van der Waals surface area contributed by atoms with E-state index in [0.717, 1.165) is 32.2 Å². The van der Waals surface area contributed by atoms with Crippen LogP contribution in [0.1, 0.15) is 52.0 Å². The number of benzene rings is 1. The first kappa shape index (κ1) is 15.8. The number of terminal acetylenes is 1. The van der Waals surface area contributed by atoms with Crippen LogP contribution in [0, 0.1) is 12.3 Å². The van der Waals surface area contributed by atoms with Crippen LogP contribution >= 0.6 is 0 Å². The molecule has 1 atom stereocenters. The maximum Gasteiger partial charge on any atom is 0.0273 e. The molecule has 0 radical (unpaired) electrons. The highest BCUT2D eigenvalue weighted by atomic mass is 14.9. The minimum Gasteiger partial charge on any atom is -0.312 e. The summed E-state index contributed by atoms with van der Waals surface area (Å²) in [4.78, 5) is 0. The first-order valence-electron chi connectivity index (χ1n) is 7.47. The molecule has 0 saturated heterocycles. The van der Waals surface area contributed by atoms with Gasteiger partial charge in [-0.3, -0.25) is 0 Å². The average Bonchev–Trinajstić information content (AvgIpc) is 2.47. The van der Waals surface area contributed by atoms with Crippen LogP contribution in [0.15, 0.2) is 30.3 Å². The van der Waals surface area contributed by atoms with Crippen LogP contribution in [0.25, 0.3) is 0 Å². The van der Waals surface area contributed by atoms with Gasteiger partial charge >= 0.3 is 0 Å². The molecule has 104 valence electrons. The normalized spacial score (nSPS) is 12.9. The average molecular weight is 257 g/mol. The molecule has 0 aliphatic heterocycles. The van der Waals surface area contributed by atoms with Gasteiger partial charge in [0.25, 0.3) is 0 Å². The summed E-state index contributed by atoms with van der Waals surface area (Å²) >= 11 is 0. The van der Waals surface area contributed by atoms with Crippen molar-refractivity contribution in [3.8, 4) is 12.3 Å². The van der Waals surface area contributed by atoms with E-state index in [1.54, 1.807) is 0 Å². The second kappa shape index (κ2) is 8.02. The molecule has 0 spiro atoms. The Morgan fingerprint density at radius 2 is 1.79 bits per heavy atom. The Hall–Kier alpha value is -1.26. The predicted molar refractivity (Wildman–Crippen MR) is 84.2 cm³/mol. The van der Waals surface area contributed by atoms with Crippen LogP contribution in [0.5, 0.6) is 0 Å². The minimum absolute atomic E-state index is 0.142. The highest BCUT2D eigenvalue weighted by Gasteiger charge is 2.36. The SMILES string of the molecule is C#CCC(NCCC)C(CC)(CC)c1ccccc1. The molecule has 0 heterocycles. The van der Waals surface area contributed by atoms with Gasteiger partial charge in [-0.15, -0.1) is 12.3 Å². The lowest BCUT2D eigenvalue weighted by molar-refractivity contribution is 0.274. The zero-order valence-corrected chi connectivity index (χ0v) is 12.6. The molecule has 1 rings (SSSR count). The fraction of sp³-hybridized carbons (Fsp3) is 0.556. The van der Waals surface area contributed by atoms with Crippen molar-refractivity contribution in [3.05, 3.63) is 35.9 Å². The largest absolute Gasteiger partial charge is 0.312 e. The molecule has 0 bridgehead atoms. The van der Waals surface area contributed by atoms with Crippen LogP contribution in [0.3, 0.4) is 0 Å². The van der Waals surface area contributed by atoms with Crippen molar-refractivity contribution >= 4 is 0 Å². The summed E-state index contributed by atoms with van der Waals surface area (Å²) in [6.45, 7) is 7.77. The van der Waals surface area contributed by atoms with E-state index < -0.39 is 0 Å². The summed E-state index contributed by atoms with van der Waals surface area (Å²) in [6, 6.07) is 11.2. The molecule has 0 aromatic heterocycles. The van der Waals surface area contributed by atoms with Crippen molar-refractivity contribution < 1.29 is 0 Å². The van der Waals surface area contributed by atoms with Gasteiger partial charge in [0.05, 0.1) is 0 Å². The topological polar surface area (TPSA) is 12.0 Å². The van der Waals surface area contributed by atoms with Gasteiger partial charge in [0.2, 0.25) is 0 Å². The third-order valence-corrected chi connectivity index (χ3v) is 4.24. The zero-order valence-electron chi connectivity index (χ0n) is 12.6. The number of nitrogens with one attached hydrogen (secondary N) is 1. The van der Waals surface area contributed by atoms with Gasteiger partial charge in [-0.2, -0.15) is 0 Å². The first-order chi connectivity index (χ1) is 9.25. The second-order valence-corrected chi connectivity index (χ2v) is 5.14. The fourth-order valence-electron chi connectivity index (χ4n) is 3.02. The second-order valence-electron chi connectivity index (χ2n) is 5.14. The van der Waals surface area contributed by atoms with Crippen LogP contribution < -0.4 is 5.32 Å². The van der Waals surface area contributed by atoms with Crippen molar-refractivity contribution in [1.82, 2.24) is 5.32 Å². The van der Waals surface area contributed by atoms with Gasteiger partial charge in [-0.25, -0.2) is 0 Å². The summed E-state index contributed by atoms with van der Waals surface area (Å²) in [6.07, 6.45) is 9.74. The van der Waals surface area contributed by atoms with Crippen LogP contribution in [0.4, 0.5) is 0 Å². The standard InChI is InChI=1S/C18H27N/c1-5-12-17(19-15-6-2)18(7-3,8-4)16-13-10-9-11-14-16/h1,9-11,13-14,17,19H,6-8,12,15H2,2-4H3. The van der Waals surface area contributed by atoms with Crippen molar-refractivity contribution in [1.29, 1.82) is 0 Å². The summed E-state index contributed by atoms with van der Waals surface area (Å²) in [5.41, 5.74) is 1.55. The molecular weight excluding hydrogens is 230 g/mol. The van der Waals surface area contributed by atoms with E-state index in [0.29, 0.717) is 6.04 Å². The monoisotopic (exact) mass is 257 g/mol. The Morgan fingerprint density at radius 1 is 1.16 bits per heavy atom. The van der Waals surface area contributed by atoms with Gasteiger partial charge in [0.15, 0.2) is 0 Å². The zero-order chi connectivity index (χ0) is 14.1. The predicted octanol–water partition coefficient (Wildman–Crippen LogP) is 4.14. The van der Waals surface area contributed by atoms with E-state index in [-0.39, 0.29) is 5.41 Å². The van der Waals surface area contributed by atoms with E-state index in [2.05, 4.69) is 62.3 Å². The molecule has 0 amide bonds. The molecular formula is C18H27N. The molecule has 1 unspecified atom stereocenters. The maximum atomic E-state index is 5.60. The molecule has 1 nitrogen and oxygen atoms in total. The molecule has 1 N–H and O–H groups in total. The lowest BCUT2D eigenvalue weighted by atomic mass is 9.69. The Kier molecular flexibility index (Phi) is 6.67. The highest BCUT2D eigenvalue weighted by molar-refractivity contribution is 5.28. The molecule has 0 aliphatic rings. The van der Waals surface area contributed by atoms with E-state index in [1.807, 2.05) is 0 Å². The van der Waals surface area contributed by atoms with Crippen molar-refractivity contribution in [2.75, 3.05) is 6.54 Å². The van der Waals surface area contributed by atoms with E-state index in [4.69, 9.17) is 6.42 Å². The highest BCUT2D eigenvalue weighted by Crippen LogP contribution is 2.36. The van der Waals surface area contributed by atoms with Gasteiger partial charge in [0.1, 0.15) is 0 Å². The fourth-order valence-corrected chi connectivity index (χ4v) is 3.02. The van der Waals surface area contributed by atoms with Crippen molar-refractivity contribution in [3.63, 3.8) is 0 Å². The van der Waals surface area contributed by atoms with Crippen LogP contribution in [-0.2, 0) is 5.41 Å². The van der Waals surface area contributed by atoms with E-state index in [9.17, 15) is 0 Å². The molecule has 0 aliphatic carbocycles. The third-order valence-electron chi connectivity index (χ3n) is 4.24. The summed E-state index contributed by atoms with van der Waals surface area (Å²) in [7, 11) is 0. The van der Waals surface area contributed by atoms with E-state index in [1.165, 1.54) is 5.56 Å². The number of hydrogen-bond acceptors (Lipinski definition) is 1. The van der Waals surface area contributed by atoms with Crippen LogP contribution in [-0.4, -0.2) is 12.6 Å². The Morgan fingerprint density at radius 3 is 2.26 bits per heavy atom. The maximum absolute atomic E-state index is 5.60. The smallest absolute Gasteiger partial charge is 0.0273 e. The van der Waals surface area contributed by atoms with Gasteiger partial charge < -0.3 is 5.32 Å². The number of hydrogen-bond donors (Lipinski definition) is 1. The van der Waals surface area contributed by atoms with Crippen LogP contribution in [0.2, 0.25) is 0 Å². The lowest BCUT2D eigenvalue weighted by Crippen LogP contribution is -2.48. The summed E-state index contributed by atoms with van der Waals surface area (Å²) in [5.74, 6) is 2.86. The minimum atomic E-state index is 0.142. The Balaban J connectivity index is 3.11. The Bertz CT molecular complexity index is 384. The Labute approximate surface area is 118 Å². The lowest BCUT2D eigenvalue weighted by Gasteiger charge is -2.40. The van der Waals surface area contributed by atoms with Gasteiger partial charge in [0, 0.05) is 17.9 Å². The molecule has 0 saturated carbocycles. The molecule has 1 aromatic rings. The molecule has 1 heteroatoms. The van der Waals surface area contributed by atoms with E-state index >= 15 is 0 Å². The molecule has 19 heavy (non-hydrogen) atoms.